The molecule has 74 valence electrons. The molecule has 0 fully saturated rings. The summed E-state index contributed by atoms with van der Waals surface area (Å²) < 4.78 is 0. The van der Waals surface area contributed by atoms with Crippen LogP contribution in [0, 0.1) is 10.1 Å². The first-order valence-corrected chi connectivity index (χ1v) is 3.92. The van der Waals surface area contributed by atoms with E-state index < -0.39 is 4.92 Å². The lowest BCUT2D eigenvalue weighted by atomic mass is 10.3. The van der Waals surface area contributed by atoms with Gasteiger partial charge in [0, 0.05) is 12.2 Å². The van der Waals surface area contributed by atoms with Crippen LogP contribution in [0.2, 0.25) is 0 Å². The van der Waals surface area contributed by atoms with Crippen LogP contribution >= 0.6 is 0 Å². The van der Waals surface area contributed by atoms with Crippen LogP contribution < -0.4 is 0 Å². The van der Waals surface area contributed by atoms with E-state index in [0.29, 0.717) is 0 Å². The predicted octanol–water partition coefficient (Wildman–Crippen LogP) is 2.82. The number of aliphatic hydroxyl groups is 1. The molecule has 1 N–H and O–H groups in total. The molecule has 0 spiro atoms. The van der Waals surface area contributed by atoms with E-state index in [1.54, 1.807) is 0 Å². The van der Waals surface area contributed by atoms with Crippen LogP contribution in [-0.4, -0.2) is 10.0 Å². The molecule has 0 aliphatic rings. The summed E-state index contributed by atoms with van der Waals surface area (Å²) in [6.45, 7) is 8.67. The summed E-state index contributed by atoms with van der Waals surface area (Å²) in [5.74, 6) is 0.0196. The maximum atomic E-state index is 10.1. The van der Waals surface area contributed by atoms with Gasteiger partial charge in [0.05, 0.1) is 10.7 Å². The first-order chi connectivity index (χ1) is 6.07. The van der Waals surface area contributed by atoms with Crippen molar-refractivity contribution < 1.29 is 10.0 Å². The topological polar surface area (TPSA) is 63.4 Å². The van der Waals surface area contributed by atoms with Crippen molar-refractivity contribution in [1.82, 2.24) is 0 Å². The molecule has 0 amide bonds. The van der Waals surface area contributed by atoms with E-state index in [0.717, 1.165) is 6.08 Å². The van der Waals surface area contributed by atoms with Crippen molar-refractivity contribution in [3.8, 4) is 0 Å². The highest BCUT2D eigenvalue weighted by Gasteiger charge is 2.01. The maximum Gasteiger partial charge on any atom is 0.268 e. The van der Waals surface area contributed by atoms with E-state index in [2.05, 4.69) is 6.58 Å². The largest absolute Gasteiger partial charge is 0.513 e. The molecule has 0 saturated carbocycles. The van der Waals surface area contributed by atoms with Crippen LogP contribution in [0.25, 0.3) is 0 Å². The summed E-state index contributed by atoms with van der Waals surface area (Å²) in [7, 11) is 0. The number of allylic oxidation sites excluding steroid dienone is 4. The van der Waals surface area contributed by atoms with Gasteiger partial charge in [-0.05, 0) is 13.0 Å². The molecule has 0 saturated heterocycles. The molecule has 0 radical (unpaired) electrons. The normalized spacial score (nSPS) is 11.3. The third-order valence-electron chi connectivity index (χ3n) is 0.915. The average Bonchev–Trinajstić information content (AvgIpc) is 2.08. The van der Waals surface area contributed by atoms with E-state index >= 15 is 0 Å². The van der Waals surface area contributed by atoms with E-state index in [-0.39, 0.29) is 11.5 Å². The Hall–Kier alpha value is -1.58. The van der Waals surface area contributed by atoms with Gasteiger partial charge in [-0.2, -0.15) is 0 Å². The van der Waals surface area contributed by atoms with Gasteiger partial charge in [0.15, 0.2) is 0 Å². The molecular formula is C9H15NO3. The number of nitrogens with zero attached hydrogens (tertiary/aromatic N) is 1. The molecule has 0 aromatic carbocycles. The summed E-state index contributed by atoms with van der Waals surface area (Å²) in [5.41, 5.74) is -0.140. The second-order valence-electron chi connectivity index (χ2n) is 1.86. The van der Waals surface area contributed by atoms with Gasteiger partial charge < -0.3 is 5.11 Å². The second kappa shape index (κ2) is 8.52. The maximum absolute atomic E-state index is 10.1. The van der Waals surface area contributed by atoms with Crippen molar-refractivity contribution in [2.45, 2.75) is 20.8 Å². The highest BCUT2D eigenvalue weighted by atomic mass is 16.6. The Kier molecular flexibility index (Phi) is 9.15. The van der Waals surface area contributed by atoms with Crippen molar-refractivity contribution in [2.24, 2.45) is 0 Å². The summed E-state index contributed by atoms with van der Waals surface area (Å²) in [5, 5.41) is 18.7. The van der Waals surface area contributed by atoms with Gasteiger partial charge in [0.1, 0.15) is 0 Å². The molecule has 0 aromatic heterocycles. The number of rotatable bonds is 3. The minimum absolute atomic E-state index is 0.0196. The van der Waals surface area contributed by atoms with Crippen molar-refractivity contribution >= 4 is 0 Å². The Bertz CT molecular complexity index is 225. The minimum atomic E-state index is -0.577. The van der Waals surface area contributed by atoms with Crippen LogP contribution in [0.4, 0.5) is 0 Å². The van der Waals surface area contributed by atoms with Crippen LogP contribution in [0.3, 0.4) is 0 Å². The lowest BCUT2D eigenvalue weighted by Crippen LogP contribution is -1.93. The van der Waals surface area contributed by atoms with Crippen LogP contribution in [0.5, 0.6) is 0 Å². The van der Waals surface area contributed by atoms with E-state index in [1.165, 1.54) is 19.1 Å². The highest BCUT2D eigenvalue weighted by molar-refractivity contribution is 5.16. The van der Waals surface area contributed by atoms with Crippen molar-refractivity contribution in [1.29, 1.82) is 0 Å². The first-order valence-electron chi connectivity index (χ1n) is 3.92. The lowest BCUT2D eigenvalue weighted by molar-refractivity contribution is -0.418. The number of hydrogen-bond donors (Lipinski definition) is 1. The Morgan fingerprint density at radius 2 is 1.92 bits per heavy atom. The molecular weight excluding hydrogens is 170 g/mol. The van der Waals surface area contributed by atoms with Gasteiger partial charge >= 0.3 is 0 Å². The summed E-state index contributed by atoms with van der Waals surface area (Å²) >= 11 is 0. The van der Waals surface area contributed by atoms with Gasteiger partial charge in [0.25, 0.3) is 5.70 Å². The smallest absolute Gasteiger partial charge is 0.268 e. The lowest BCUT2D eigenvalue weighted by Gasteiger charge is -1.87. The van der Waals surface area contributed by atoms with E-state index in [9.17, 15) is 10.1 Å². The van der Waals surface area contributed by atoms with Gasteiger partial charge in [-0.3, -0.25) is 10.1 Å². The SMILES string of the molecule is C=C/C(=C\C=C(/C)O)[N+](=O)[O-].CC. The van der Waals surface area contributed by atoms with Crippen molar-refractivity contribution in [2.75, 3.05) is 0 Å². The molecule has 0 bridgehead atoms. The number of hydrogen-bond acceptors (Lipinski definition) is 3. The Morgan fingerprint density at radius 1 is 1.46 bits per heavy atom. The molecule has 0 unspecified atom stereocenters. The van der Waals surface area contributed by atoms with Crippen LogP contribution in [0.1, 0.15) is 20.8 Å². The van der Waals surface area contributed by atoms with Gasteiger partial charge in [-0.25, -0.2) is 0 Å². The predicted molar refractivity (Wildman–Crippen MR) is 53.0 cm³/mol. The molecule has 0 heterocycles. The standard InChI is InChI=1S/C7H9NO3.C2H6/c1-3-7(8(10)11)5-4-6(2)9;1-2/h3-5,9H,1H2,2H3;1-2H3/b6-4+,7-5+;. The summed E-state index contributed by atoms with van der Waals surface area (Å²) in [6.07, 6.45) is 3.53. The second-order valence-corrected chi connectivity index (χ2v) is 1.86. The quantitative estimate of drug-likeness (QED) is 0.318. The highest BCUT2D eigenvalue weighted by Crippen LogP contribution is 1.97. The van der Waals surface area contributed by atoms with Crippen LogP contribution in [-0.2, 0) is 0 Å². The Balaban J connectivity index is 0. The zero-order valence-corrected chi connectivity index (χ0v) is 8.15. The average molecular weight is 185 g/mol. The monoisotopic (exact) mass is 185 g/mol. The third kappa shape index (κ3) is 8.33. The molecule has 4 heteroatoms. The van der Waals surface area contributed by atoms with E-state index in [4.69, 9.17) is 5.11 Å². The number of nitro groups is 1. The molecule has 0 atom stereocenters. The number of aliphatic hydroxyl groups excluding tert-OH is 1. The van der Waals surface area contributed by atoms with Gasteiger partial charge in [0.2, 0.25) is 0 Å². The van der Waals surface area contributed by atoms with Crippen molar-refractivity contribution in [3.05, 3.63) is 46.4 Å². The van der Waals surface area contributed by atoms with Gasteiger partial charge in [-0.15, -0.1) is 0 Å². The molecule has 0 aromatic rings. The molecule has 4 nitrogen and oxygen atoms in total. The third-order valence-corrected chi connectivity index (χ3v) is 0.915. The van der Waals surface area contributed by atoms with E-state index in [1.807, 2.05) is 13.8 Å². The molecule has 13 heavy (non-hydrogen) atoms. The minimum Gasteiger partial charge on any atom is -0.513 e. The molecule has 0 aliphatic heterocycles. The zero-order valence-electron chi connectivity index (χ0n) is 8.15. The molecule has 0 aliphatic carbocycles. The Morgan fingerprint density at radius 3 is 2.15 bits per heavy atom. The first kappa shape index (κ1) is 14.0. The van der Waals surface area contributed by atoms with Crippen molar-refractivity contribution in [3.63, 3.8) is 0 Å². The summed E-state index contributed by atoms with van der Waals surface area (Å²) in [6, 6.07) is 0. The zero-order chi connectivity index (χ0) is 10.9. The summed E-state index contributed by atoms with van der Waals surface area (Å²) in [4.78, 5) is 9.52. The van der Waals surface area contributed by atoms with Gasteiger partial charge in [-0.1, -0.05) is 20.4 Å². The van der Waals surface area contributed by atoms with Crippen LogP contribution in [0.15, 0.2) is 36.3 Å². The molecule has 0 rings (SSSR count). The fraction of sp³-hybridized carbons (Fsp3) is 0.333. The fourth-order valence-corrected chi connectivity index (χ4v) is 0.409. The Labute approximate surface area is 78.0 Å². The fourth-order valence-electron chi connectivity index (χ4n) is 0.409.